The predicted molar refractivity (Wildman–Crippen MR) is 86.5 cm³/mol. The summed E-state index contributed by atoms with van der Waals surface area (Å²) in [5.74, 6) is 1.64. The Morgan fingerprint density at radius 3 is 2.38 bits per heavy atom. The van der Waals surface area contributed by atoms with E-state index >= 15 is 0 Å². The molecular weight excluding hydrogens is 286 g/mol. The molecule has 0 amide bonds. The van der Waals surface area contributed by atoms with Gasteiger partial charge >= 0.3 is 0 Å². The fraction of sp³-hybridized carbons (Fsp3) is 0.625. The van der Waals surface area contributed by atoms with Gasteiger partial charge in [-0.25, -0.2) is 0 Å². The van der Waals surface area contributed by atoms with E-state index in [1.165, 1.54) is 10.5 Å². The van der Waals surface area contributed by atoms with Crippen LogP contribution in [0.25, 0.3) is 0 Å². The summed E-state index contributed by atoms with van der Waals surface area (Å²) in [6, 6.07) is 4.09. The van der Waals surface area contributed by atoms with Gasteiger partial charge in [0.05, 0.1) is 5.60 Å². The quantitative estimate of drug-likeness (QED) is 0.758. The highest BCUT2D eigenvalue weighted by Crippen LogP contribution is 2.36. The Morgan fingerprint density at radius 2 is 1.81 bits per heavy atom. The second-order valence-electron chi connectivity index (χ2n) is 5.34. The van der Waals surface area contributed by atoms with Crippen molar-refractivity contribution < 1.29 is 14.6 Å². The van der Waals surface area contributed by atoms with Gasteiger partial charge in [-0.05, 0) is 36.8 Å². The molecule has 1 aliphatic heterocycles. The van der Waals surface area contributed by atoms with Crippen LogP contribution in [0.5, 0.6) is 11.5 Å². The first kappa shape index (κ1) is 16.5. The molecule has 1 aromatic rings. The lowest BCUT2D eigenvalue weighted by molar-refractivity contribution is 0.0322. The summed E-state index contributed by atoms with van der Waals surface area (Å²) >= 11 is 1.70. The van der Waals surface area contributed by atoms with E-state index in [-0.39, 0.29) is 0 Å². The Labute approximate surface area is 131 Å². The van der Waals surface area contributed by atoms with Gasteiger partial charge in [0.1, 0.15) is 13.2 Å². The van der Waals surface area contributed by atoms with Crippen molar-refractivity contribution in [2.24, 2.45) is 0 Å². The number of ether oxygens (including phenoxy) is 2. The average molecular weight is 311 g/mol. The van der Waals surface area contributed by atoms with Crippen molar-refractivity contribution >= 4 is 11.8 Å². The van der Waals surface area contributed by atoms with Gasteiger partial charge in [0.15, 0.2) is 11.5 Å². The molecule has 1 aliphatic rings. The highest BCUT2D eigenvalue weighted by Gasteiger charge is 2.22. The van der Waals surface area contributed by atoms with Crippen LogP contribution in [-0.2, 0) is 6.54 Å². The highest BCUT2D eigenvalue weighted by atomic mass is 32.2. The molecular formula is C16H25NO3S. The van der Waals surface area contributed by atoms with E-state index in [9.17, 15) is 5.11 Å². The van der Waals surface area contributed by atoms with Crippen molar-refractivity contribution in [3.8, 4) is 11.5 Å². The minimum atomic E-state index is -0.618. The zero-order chi connectivity index (χ0) is 15.3. The summed E-state index contributed by atoms with van der Waals surface area (Å²) in [4.78, 5) is 1.18. The molecule has 0 fully saturated rings. The van der Waals surface area contributed by atoms with E-state index in [2.05, 4.69) is 11.6 Å². The number of benzene rings is 1. The summed E-state index contributed by atoms with van der Waals surface area (Å²) in [6.07, 6.45) is 3.57. The maximum Gasteiger partial charge on any atom is 0.162 e. The topological polar surface area (TPSA) is 50.7 Å². The van der Waals surface area contributed by atoms with E-state index in [0.717, 1.165) is 30.9 Å². The Bertz CT molecular complexity index is 475. The fourth-order valence-electron chi connectivity index (χ4n) is 2.37. The third-order valence-electron chi connectivity index (χ3n) is 4.03. The number of fused-ring (bicyclic) bond motifs is 1. The van der Waals surface area contributed by atoms with E-state index in [1.807, 2.05) is 26.0 Å². The Kier molecular flexibility index (Phi) is 5.79. The maximum atomic E-state index is 10.3. The number of hydrogen-bond acceptors (Lipinski definition) is 5. The summed E-state index contributed by atoms with van der Waals surface area (Å²) < 4.78 is 11.3. The second kappa shape index (κ2) is 7.38. The molecule has 21 heavy (non-hydrogen) atoms. The van der Waals surface area contributed by atoms with Crippen LogP contribution >= 0.6 is 11.8 Å². The molecule has 0 spiro atoms. The molecule has 4 nitrogen and oxygen atoms in total. The first-order valence-electron chi connectivity index (χ1n) is 7.51. The molecule has 0 saturated heterocycles. The van der Waals surface area contributed by atoms with Crippen LogP contribution in [0.15, 0.2) is 17.0 Å². The van der Waals surface area contributed by atoms with Gasteiger partial charge in [0.2, 0.25) is 0 Å². The second-order valence-corrected chi connectivity index (χ2v) is 6.19. The standard InChI is InChI=1S/C16H25NO3S/c1-4-16(18,5-2)11-17-10-12-8-13-14(9-15(12)21-3)20-7-6-19-13/h8-9,17-18H,4-7,10-11H2,1-3H3. The van der Waals surface area contributed by atoms with Crippen LogP contribution in [0.4, 0.5) is 0 Å². The summed E-state index contributed by atoms with van der Waals surface area (Å²) in [5, 5.41) is 13.7. The lowest BCUT2D eigenvalue weighted by Crippen LogP contribution is -2.39. The predicted octanol–water partition coefficient (Wildman–Crippen LogP) is 2.82. The van der Waals surface area contributed by atoms with Crippen LogP contribution in [-0.4, -0.2) is 36.7 Å². The molecule has 0 saturated carbocycles. The number of nitrogens with one attached hydrogen (secondary N) is 1. The Hall–Kier alpha value is -0.910. The molecule has 1 aromatic carbocycles. The largest absolute Gasteiger partial charge is 0.486 e. The fourth-order valence-corrected chi connectivity index (χ4v) is 2.99. The van der Waals surface area contributed by atoms with Gasteiger partial charge in [-0.3, -0.25) is 0 Å². The van der Waals surface area contributed by atoms with Crippen molar-refractivity contribution in [2.75, 3.05) is 26.0 Å². The number of thioether (sulfide) groups is 1. The van der Waals surface area contributed by atoms with Gasteiger partial charge in [0, 0.05) is 18.0 Å². The van der Waals surface area contributed by atoms with Gasteiger partial charge in [0.25, 0.3) is 0 Å². The van der Waals surface area contributed by atoms with Gasteiger partial charge in [-0.15, -0.1) is 11.8 Å². The summed E-state index contributed by atoms with van der Waals surface area (Å²) in [6.45, 7) is 6.56. The summed E-state index contributed by atoms with van der Waals surface area (Å²) in [7, 11) is 0. The number of hydrogen-bond donors (Lipinski definition) is 2. The molecule has 118 valence electrons. The molecule has 0 aromatic heterocycles. The lowest BCUT2D eigenvalue weighted by atomic mass is 9.97. The smallest absolute Gasteiger partial charge is 0.162 e. The molecule has 0 aliphatic carbocycles. The molecule has 0 bridgehead atoms. The molecule has 2 rings (SSSR count). The Balaban J connectivity index is 2.05. The van der Waals surface area contributed by atoms with Crippen molar-refractivity contribution in [3.63, 3.8) is 0 Å². The zero-order valence-electron chi connectivity index (χ0n) is 13.1. The van der Waals surface area contributed by atoms with Crippen molar-refractivity contribution in [1.82, 2.24) is 5.32 Å². The molecule has 5 heteroatoms. The van der Waals surface area contributed by atoms with Crippen LogP contribution in [0.1, 0.15) is 32.3 Å². The monoisotopic (exact) mass is 311 g/mol. The molecule has 0 unspecified atom stereocenters. The van der Waals surface area contributed by atoms with Gasteiger partial charge in [-0.2, -0.15) is 0 Å². The van der Waals surface area contributed by atoms with E-state index in [1.54, 1.807) is 11.8 Å². The van der Waals surface area contributed by atoms with Gasteiger partial charge < -0.3 is 19.9 Å². The number of aliphatic hydroxyl groups is 1. The van der Waals surface area contributed by atoms with Crippen LogP contribution in [0.2, 0.25) is 0 Å². The van der Waals surface area contributed by atoms with E-state index in [4.69, 9.17) is 9.47 Å². The number of rotatable bonds is 7. The van der Waals surface area contributed by atoms with Crippen molar-refractivity contribution in [2.45, 2.75) is 43.7 Å². The summed E-state index contributed by atoms with van der Waals surface area (Å²) in [5.41, 5.74) is 0.564. The minimum absolute atomic E-state index is 0.599. The maximum absolute atomic E-state index is 10.3. The average Bonchev–Trinajstić information content (AvgIpc) is 2.53. The third-order valence-corrected chi connectivity index (χ3v) is 4.85. The van der Waals surface area contributed by atoms with Crippen LogP contribution in [0.3, 0.4) is 0 Å². The first-order chi connectivity index (χ1) is 10.1. The third kappa shape index (κ3) is 4.05. The van der Waals surface area contributed by atoms with E-state index < -0.39 is 5.60 Å². The zero-order valence-corrected chi connectivity index (χ0v) is 13.9. The lowest BCUT2D eigenvalue weighted by Gasteiger charge is -2.26. The van der Waals surface area contributed by atoms with Crippen LogP contribution < -0.4 is 14.8 Å². The minimum Gasteiger partial charge on any atom is -0.486 e. The highest BCUT2D eigenvalue weighted by molar-refractivity contribution is 7.98. The molecule has 0 atom stereocenters. The van der Waals surface area contributed by atoms with Gasteiger partial charge in [-0.1, -0.05) is 13.8 Å². The van der Waals surface area contributed by atoms with Crippen LogP contribution in [0, 0.1) is 0 Å². The first-order valence-corrected chi connectivity index (χ1v) is 8.74. The molecule has 0 radical (unpaired) electrons. The van der Waals surface area contributed by atoms with Crippen molar-refractivity contribution in [3.05, 3.63) is 17.7 Å². The van der Waals surface area contributed by atoms with E-state index in [0.29, 0.717) is 19.8 Å². The SMILES string of the molecule is CCC(O)(CC)CNCc1cc2c(cc1SC)OCCO2. The normalized spacial score (nSPS) is 14.3. The molecule has 2 N–H and O–H groups in total. The van der Waals surface area contributed by atoms with Crippen molar-refractivity contribution in [1.29, 1.82) is 0 Å². The molecule has 1 heterocycles. The Morgan fingerprint density at radius 1 is 1.19 bits per heavy atom.